The predicted octanol–water partition coefficient (Wildman–Crippen LogP) is 1.59. The fraction of sp³-hybridized carbons (Fsp3) is 0.455. The predicted molar refractivity (Wildman–Crippen MR) is 59.3 cm³/mol. The number of ether oxygens (including phenoxy) is 1. The molecule has 0 aromatic heterocycles. The lowest BCUT2D eigenvalue weighted by molar-refractivity contribution is 0.185. The van der Waals surface area contributed by atoms with Crippen LogP contribution in [0.3, 0.4) is 0 Å². The molecule has 1 aromatic carbocycles. The van der Waals surface area contributed by atoms with Gasteiger partial charge in [0.25, 0.3) is 0 Å². The van der Waals surface area contributed by atoms with Crippen molar-refractivity contribution in [3.8, 4) is 0 Å². The summed E-state index contributed by atoms with van der Waals surface area (Å²) in [4.78, 5) is 0. The second kappa shape index (κ2) is 5.62. The topological polar surface area (TPSA) is 47.3 Å². The van der Waals surface area contributed by atoms with Gasteiger partial charge in [-0.2, -0.15) is 0 Å². The largest absolute Gasteiger partial charge is 0.383 e. The molecule has 0 saturated heterocycles. The third-order valence-corrected chi connectivity index (χ3v) is 1.89. The third-order valence-electron chi connectivity index (χ3n) is 1.89. The van der Waals surface area contributed by atoms with E-state index in [0.29, 0.717) is 6.61 Å². The van der Waals surface area contributed by atoms with Gasteiger partial charge in [0.15, 0.2) is 0 Å². The molecule has 0 spiro atoms. The molecule has 0 heterocycles. The minimum Gasteiger partial charge on any atom is -0.383 e. The molecule has 3 N–H and O–H groups in total. The van der Waals surface area contributed by atoms with Gasteiger partial charge < -0.3 is 15.8 Å². The Morgan fingerprint density at radius 3 is 2.50 bits per heavy atom. The summed E-state index contributed by atoms with van der Waals surface area (Å²) in [5.74, 6) is 0. The Balaban J connectivity index is 2.46. The Labute approximate surface area is 85.3 Å². The molecule has 1 rings (SSSR count). The molecular weight excluding hydrogens is 176 g/mol. The average molecular weight is 194 g/mol. The van der Waals surface area contributed by atoms with Crippen molar-refractivity contribution in [2.24, 2.45) is 5.73 Å². The van der Waals surface area contributed by atoms with Gasteiger partial charge >= 0.3 is 0 Å². The van der Waals surface area contributed by atoms with Crippen LogP contribution in [0.25, 0.3) is 0 Å². The van der Waals surface area contributed by atoms with Crippen molar-refractivity contribution in [3.05, 3.63) is 29.8 Å². The van der Waals surface area contributed by atoms with Crippen LogP contribution in [-0.2, 0) is 11.3 Å². The molecule has 0 radical (unpaired) electrons. The Morgan fingerprint density at radius 2 is 2.00 bits per heavy atom. The number of hydrogen-bond acceptors (Lipinski definition) is 3. The normalized spacial score (nSPS) is 12.5. The van der Waals surface area contributed by atoms with E-state index >= 15 is 0 Å². The fourth-order valence-electron chi connectivity index (χ4n) is 1.16. The van der Waals surface area contributed by atoms with Crippen molar-refractivity contribution in [3.63, 3.8) is 0 Å². The van der Waals surface area contributed by atoms with E-state index in [0.717, 1.165) is 12.2 Å². The first-order chi connectivity index (χ1) is 6.72. The molecule has 78 valence electrons. The molecule has 0 saturated carbocycles. The van der Waals surface area contributed by atoms with E-state index in [9.17, 15) is 0 Å². The van der Waals surface area contributed by atoms with E-state index in [1.165, 1.54) is 5.56 Å². The van der Waals surface area contributed by atoms with Crippen LogP contribution in [0.4, 0.5) is 5.69 Å². The van der Waals surface area contributed by atoms with Gasteiger partial charge in [-0.3, -0.25) is 0 Å². The van der Waals surface area contributed by atoms with E-state index in [-0.39, 0.29) is 6.04 Å². The second-order valence-corrected chi connectivity index (χ2v) is 3.49. The van der Waals surface area contributed by atoms with Crippen LogP contribution in [0.2, 0.25) is 0 Å². The number of methoxy groups -OCH3 is 1. The minimum atomic E-state index is 0.175. The highest BCUT2D eigenvalue weighted by Gasteiger charge is 1.95. The summed E-state index contributed by atoms with van der Waals surface area (Å²) in [6.45, 7) is 3.43. The Bertz CT molecular complexity index is 256. The molecule has 14 heavy (non-hydrogen) atoms. The smallest absolute Gasteiger partial charge is 0.0713 e. The van der Waals surface area contributed by atoms with Crippen molar-refractivity contribution in [2.75, 3.05) is 19.0 Å². The molecule has 3 heteroatoms. The standard InChI is InChI=1S/C11H18N2O/c1-9(12)7-13-11-5-3-10(4-6-11)8-14-2/h3-6,9,13H,7-8,12H2,1-2H3. The summed E-state index contributed by atoms with van der Waals surface area (Å²) in [6, 6.07) is 8.35. The maximum atomic E-state index is 5.64. The van der Waals surface area contributed by atoms with Crippen LogP contribution in [-0.4, -0.2) is 19.7 Å². The molecule has 3 nitrogen and oxygen atoms in total. The summed E-state index contributed by atoms with van der Waals surface area (Å²) in [7, 11) is 1.70. The fourth-order valence-corrected chi connectivity index (χ4v) is 1.16. The lowest BCUT2D eigenvalue weighted by Crippen LogP contribution is -2.25. The van der Waals surface area contributed by atoms with Crippen LogP contribution in [0, 0.1) is 0 Å². The van der Waals surface area contributed by atoms with Gasteiger partial charge in [-0.25, -0.2) is 0 Å². The minimum absolute atomic E-state index is 0.175. The van der Waals surface area contributed by atoms with Crippen molar-refractivity contribution >= 4 is 5.69 Å². The van der Waals surface area contributed by atoms with E-state index in [2.05, 4.69) is 5.32 Å². The van der Waals surface area contributed by atoms with Crippen molar-refractivity contribution in [1.29, 1.82) is 0 Å². The maximum Gasteiger partial charge on any atom is 0.0713 e. The van der Waals surface area contributed by atoms with Gasteiger partial charge in [-0.1, -0.05) is 12.1 Å². The quantitative estimate of drug-likeness (QED) is 0.748. The van der Waals surface area contributed by atoms with Crippen LogP contribution >= 0.6 is 0 Å². The maximum absolute atomic E-state index is 5.64. The Morgan fingerprint density at radius 1 is 1.36 bits per heavy atom. The number of rotatable bonds is 5. The van der Waals surface area contributed by atoms with Gasteiger partial charge in [0, 0.05) is 25.4 Å². The van der Waals surface area contributed by atoms with Crippen molar-refractivity contribution in [2.45, 2.75) is 19.6 Å². The van der Waals surface area contributed by atoms with E-state index in [4.69, 9.17) is 10.5 Å². The lowest BCUT2D eigenvalue weighted by Gasteiger charge is -2.09. The zero-order valence-electron chi connectivity index (χ0n) is 8.79. The Hall–Kier alpha value is -1.06. The molecule has 1 unspecified atom stereocenters. The summed E-state index contributed by atoms with van der Waals surface area (Å²) < 4.78 is 5.03. The van der Waals surface area contributed by atoms with E-state index < -0.39 is 0 Å². The van der Waals surface area contributed by atoms with Gasteiger partial charge in [0.2, 0.25) is 0 Å². The number of nitrogens with two attached hydrogens (primary N) is 1. The van der Waals surface area contributed by atoms with Gasteiger partial charge in [0.1, 0.15) is 0 Å². The zero-order valence-corrected chi connectivity index (χ0v) is 8.79. The molecule has 1 atom stereocenters. The van der Waals surface area contributed by atoms with Gasteiger partial charge in [0.05, 0.1) is 6.61 Å². The number of nitrogens with one attached hydrogen (secondary N) is 1. The average Bonchev–Trinajstić information content (AvgIpc) is 2.17. The third kappa shape index (κ3) is 3.77. The Kier molecular flexibility index (Phi) is 4.43. The second-order valence-electron chi connectivity index (χ2n) is 3.49. The summed E-state index contributed by atoms with van der Waals surface area (Å²) >= 11 is 0. The van der Waals surface area contributed by atoms with Crippen LogP contribution in [0.15, 0.2) is 24.3 Å². The first-order valence-electron chi connectivity index (χ1n) is 4.79. The van der Waals surface area contributed by atoms with E-state index in [1.54, 1.807) is 7.11 Å². The first-order valence-corrected chi connectivity index (χ1v) is 4.79. The molecule has 1 aromatic rings. The molecule has 0 fully saturated rings. The monoisotopic (exact) mass is 194 g/mol. The molecule has 0 bridgehead atoms. The number of benzene rings is 1. The number of anilines is 1. The summed E-state index contributed by atoms with van der Waals surface area (Å²) in [5.41, 5.74) is 7.91. The van der Waals surface area contributed by atoms with Crippen molar-refractivity contribution < 1.29 is 4.74 Å². The van der Waals surface area contributed by atoms with Gasteiger partial charge in [-0.15, -0.1) is 0 Å². The van der Waals surface area contributed by atoms with Gasteiger partial charge in [-0.05, 0) is 24.6 Å². The molecule has 0 aliphatic heterocycles. The SMILES string of the molecule is COCc1ccc(NCC(C)N)cc1. The summed E-state index contributed by atoms with van der Waals surface area (Å²) in [5, 5.41) is 3.25. The van der Waals surface area contributed by atoms with Crippen LogP contribution in [0.5, 0.6) is 0 Å². The zero-order chi connectivity index (χ0) is 10.4. The molecule has 0 aliphatic carbocycles. The van der Waals surface area contributed by atoms with Crippen LogP contribution in [0.1, 0.15) is 12.5 Å². The molecular formula is C11H18N2O. The lowest BCUT2D eigenvalue weighted by atomic mass is 10.2. The number of hydrogen-bond donors (Lipinski definition) is 2. The van der Waals surface area contributed by atoms with Crippen molar-refractivity contribution in [1.82, 2.24) is 0 Å². The molecule has 0 amide bonds. The van der Waals surface area contributed by atoms with Crippen LogP contribution < -0.4 is 11.1 Å². The highest BCUT2D eigenvalue weighted by atomic mass is 16.5. The first kappa shape index (κ1) is 11.0. The highest BCUT2D eigenvalue weighted by molar-refractivity contribution is 5.44. The van der Waals surface area contributed by atoms with E-state index in [1.807, 2.05) is 31.2 Å². The summed E-state index contributed by atoms with van der Waals surface area (Å²) in [6.07, 6.45) is 0. The molecule has 0 aliphatic rings. The highest BCUT2D eigenvalue weighted by Crippen LogP contribution is 2.09.